The van der Waals surface area contributed by atoms with Gasteiger partial charge in [-0.25, -0.2) is 0 Å². The van der Waals surface area contributed by atoms with Gasteiger partial charge in [-0.15, -0.1) is 0 Å². The van der Waals surface area contributed by atoms with Crippen molar-refractivity contribution in [2.24, 2.45) is 0 Å². The molecule has 3 heteroatoms. The Morgan fingerprint density at radius 1 is 1.19 bits per heavy atom. The second-order valence-corrected chi connectivity index (χ2v) is 5.38. The molecule has 1 aliphatic carbocycles. The van der Waals surface area contributed by atoms with Crippen LogP contribution in [0, 0.1) is 11.3 Å². The van der Waals surface area contributed by atoms with Gasteiger partial charge < -0.3 is 10.1 Å². The lowest BCUT2D eigenvalue weighted by Gasteiger charge is -2.15. The van der Waals surface area contributed by atoms with Crippen molar-refractivity contribution in [2.45, 2.75) is 24.8 Å². The van der Waals surface area contributed by atoms with Crippen molar-refractivity contribution < 1.29 is 4.74 Å². The van der Waals surface area contributed by atoms with E-state index in [4.69, 9.17) is 4.74 Å². The number of hydrogen-bond acceptors (Lipinski definition) is 3. The van der Waals surface area contributed by atoms with Crippen LogP contribution in [0.5, 0.6) is 5.75 Å². The zero-order chi connectivity index (χ0) is 14.7. The summed E-state index contributed by atoms with van der Waals surface area (Å²) in [4.78, 5) is 0. The maximum atomic E-state index is 9.47. The number of ether oxygens (including phenoxy) is 1. The number of nitrogens with zero attached hydrogens (tertiary/aromatic N) is 1. The summed E-state index contributed by atoms with van der Waals surface area (Å²) in [6.45, 7) is 0. The first kappa shape index (κ1) is 13.5. The highest BCUT2D eigenvalue weighted by atomic mass is 16.5. The molecule has 1 fully saturated rings. The zero-order valence-electron chi connectivity index (χ0n) is 12.0. The van der Waals surface area contributed by atoms with Crippen LogP contribution < -0.4 is 10.1 Å². The van der Waals surface area contributed by atoms with Crippen LogP contribution in [-0.4, -0.2) is 7.11 Å². The minimum Gasteiger partial charge on any atom is -0.497 e. The first-order chi connectivity index (χ1) is 10.3. The SMILES string of the molecule is COc1cccc(NC(C#N)c2cccc(C3CC3)c2)c1. The molecule has 0 aliphatic heterocycles. The van der Waals surface area contributed by atoms with Gasteiger partial charge in [0.1, 0.15) is 11.8 Å². The fraction of sp³-hybridized carbons (Fsp3) is 0.278. The molecule has 0 spiro atoms. The Labute approximate surface area is 125 Å². The summed E-state index contributed by atoms with van der Waals surface area (Å²) in [5, 5.41) is 12.7. The van der Waals surface area contributed by atoms with E-state index in [0.717, 1.165) is 17.0 Å². The van der Waals surface area contributed by atoms with Crippen molar-refractivity contribution in [3.8, 4) is 11.8 Å². The molecule has 0 heterocycles. The molecule has 0 aromatic heterocycles. The molecule has 0 bridgehead atoms. The molecule has 2 aromatic carbocycles. The highest BCUT2D eigenvalue weighted by Crippen LogP contribution is 2.40. The Morgan fingerprint density at radius 3 is 2.71 bits per heavy atom. The van der Waals surface area contributed by atoms with Crippen LogP contribution in [0.1, 0.15) is 35.9 Å². The summed E-state index contributed by atoms with van der Waals surface area (Å²) in [5.41, 5.74) is 3.25. The van der Waals surface area contributed by atoms with Gasteiger partial charge in [-0.1, -0.05) is 30.3 Å². The minimum atomic E-state index is -0.351. The normalized spacial score (nSPS) is 15.0. The quantitative estimate of drug-likeness (QED) is 0.889. The smallest absolute Gasteiger partial charge is 0.140 e. The van der Waals surface area contributed by atoms with Gasteiger partial charge >= 0.3 is 0 Å². The van der Waals surface area contributed by atoms with Crippen molar-refractivity contribution in [3.63, 3.8) is 0 Å². The molecular weight excluding hydrogens is 260 g/mol. The molecule has 1 saturated carbocycles. The Hall–Kier alpha value is -2.47. The molecule has 0 saturated heterocycles. The molecule has 0 amide bonds. The van der Waals surface area contributed by atoms with Gasteiger partial charge in [-0.3, -0.25) is 0 Å². The summed E-state index contributed by atoms with van der Waals surface area (Å²) in [5.74, 6) is 1.48. The molecule has 2 aromatic rings. The number of anilines is 1. The van der Waals surface area contributed by atoms with Gasteiger partial charge in [0.15, 0.2) is 0 Å². The van der Waals surface area contributed by atoms with Gasteiger partial charge in [0, 0.05) is 11.8 Å². The average Bonchev–Trinajstić information content (AvgIpc) is 3.38. The van der Waals surface area contributed by atoms with Gasteiger partial charge in [0.2, 0.25) is 0 Å². The van der Waals surface area contributed by atoms with E-state index in [1.54, 1.807) is 7.11 Å². The first-order valence-corrected chi connectivity index (χ1v) is 7.20. The lowest BCUT2D eigenvalue weighted by molar-refractivity contribution is 0.415. The summed E-state index contributed by atoms with van der Waals surface area (Å²) in [6, 6.07) is 18.0. The molecule has 1 aliphatic rings. The third kappa shape index (κ3) is 3.17. The van der Waals surface area contributed by atoms with Crippen LogP contribution in [0.3, 0.4) is 0 Å². The van der Waals surface area contributed by atoms with Gasteiger partial charge in [-0.05, 0) is 42.0 Å². The molecule has 1 N–H and O–H groups in total. The van der Waals surface area contributed by atoms with Crippen molar-refractivity contribution in [1.29, 1.82) is 5.26 Å². The highest BCUT2D eigenvalue weighted by molar-refractivity contribution is 5.51. The molecule has 0 radical (unpaired) electrons. The van der Waals surface area contributed by atoms with Gasteiger partial charge in [0.25, 0.3) is 0 Å². The van der Waals surface area contributed by atoms with Crippen molar-refractivity contribution in [2.75, 3.05) is 12.4 Å². The van der Waals surface area contributed by atoms with Crippen LogP contribution in [0.2, 0.25) is 0 Å². The second kappa shape index (κ2) is 5.88. The van der Waals surface area contributed by atoms with E-state index in [2.05, 4.69) is 23.5 Å². The molecule has 21 heavy (non-hydrogen) atoms. The fourth-order valence-electron chi connectivity index (χ4n) is 2.48. The van der Waals surface area contributed by atoms with Gasteiger partial charge in [0.05, 0.1) is 13.2 Å². The number of nitrogens with one attached hydrogen (secondary N) is 1. The van der Waals surface area contributed by atoms with Gasteiger partial charge in [-0.2, -0.15) is 5.26 Å². The van der Waals surface area contributed by atoms with Crippen LogP contribution in [0.15, 0.2) is 48.5 Å². The lowest BCUT2D eigenvalue weighted by Crippen LogP contribution is -2.08. The van der Waals surface area contributed by atoms with E-state index >= 15 is 0 Å². The molecule has 106 valence electrons. The largest absolute Gasteiger partial charge is 0.497 e. The second-order valence-electron chi connectivity index (χ2n) is 5.38. The third-order valence-corrected chi connectivity index (χ3v) is 3.80. The Kier molecular flexibility index (Phi) is 3.79. The first-order valence-electron chi connectivity index (χ1n) is 7.20. The molecule has 1 unspecified atom stereocenters. The van der Waals surface area contributed by atoms with E-state index in [1.807, 2.05) is 36.4 Å². The maximum Gasteiger partial charge on any atom is 0.140 e. The Morgan fingerprint density at radius 2 is 2.00 bits per heavy atom. The molecule has 3 rings (SSSR count). The lowest BCUT2D eigenvalue weighted by atomic mass is 10.0. The van der Waals surface area contributed by atoms with E-state index in [0.29, 0.717) is 5.92 Å². The topological polar surface area (TPSA) is 45.0 Å². The molecular formula is C18H18N2O. The fourth-order valence-corrected chi connectivity index (χ4v) is 2.48. The minimum absolute atomic E-state index is 0.351. The van der Waals surface area contributed by atoms with E-state index in [9.17, 15) is 5.26 Å². The van der Waals surface area contributed by atoms with Crippen LogP contribution in [0.4, 0.5) is 5.69 Å². The number of hydrogen-bond donors (Lipinski definition) is 1. The van der Waals surface area contributed by atoms with Crippen LogP contribution in [-0.2, 0) is 0 Å². The van der Waals surface area contributed by atoms with Crippen molar-refractivity contribution in [1.82, 2.24) is 0 Å². The predicted octanol–water partition coefficient (Wildman–Crippen LogP) is 4.25. The van der Waals surface area contributed by atoms with Crippen LogP contribution >= 0.6 is 0 Å². The Bertz CT molecular complexity index is 671. The standard InChI is InChI=1S/C18H18N2O/c1-21-17-7-3-6-16(11-17)20-18(12-19)15-5-2-4-14(10-15)13-8-9-13/h2-7,10-11,13,18,20H,8-9H2,1H3. The van der Waals surface area contributed by atoms with E-state index < -0.39 is 0 Å². The van der Waals surface area contributed by atoms with E-state index in [1.165, 1.54) is 18.4 Å². The number of rotatable bonds is 5. The number of methoxy groups -OCH3 is 1. The summed E-state index contributed by atoms with van der Waals surface area (Å²) in [6.07, 6.45) is 2.54. The summed E-state index contributed by atoms with van der Waals surface area (Å²) >= 11 is 0. The molecule has 3 nitrogen and oxygen atoms in total. The highest BCUT2D eigenvalue weighted by Gasteiger charge is 2.24. The number of nitriles is 1. The average molecular weight is 278 g/mol. The zero-order valence-corrected chi connectivity index (χ0v) is 12.0. The predicted molar refractivity (Wildman–Crippen MR) is 83.4 cm³/mol. The van der Waals surface area contributed by atoms with Crippen molar-refractivity contribution in [3.05, 3.63) is 59.7 Å². The number of benzene rings is 2. The molecule has 1 atom stereocenters. The third-order valence-electron chi connectivity index (χ3n) is 3.80. The summed E-state index contributed by atoms with van der Waals surface area (Å²) < 4.78 is 5.21. The van der Waals surface area contributed by atoms with Crippen molar-refractivity contribution >= 4 is 5.69 Å². The van der Waals surface area contributed by atoms with E-state index in [-0.39, 0.29) is 6.04 Å². The maximum absolute atomic E-state index is 9.47. The monoisotopic (exact) mass is 278 g/mol. The summed E-state index contributed by atoms with van der Waals surface area (Å²) in [7, 11) is 1.64. The Balaban J connectivity index is 1.81. The van der Waals surface area contributed by atoms with Crippen LogP contribution in [0.25, 0.3) is 0 Å².